The molecule has 0 heterocycles. The number of hydrogen-bond acceptors (Lipinski definition) is 3. The first kappa shape index (κ1) is 22.9. The van der Waals surface area contributed by atoms with Gasteiger partial charge in [-0.25, -0.2) is 4.39 Å². The van der Waals surface area contributed by atoms with Crippen LogP contribution >= 0.6 is 15.9 Å². The standard InChI is InChI=1S/C22H26BrFN2O3/c1-15(21(28)25-22(2,3)4)26(13-16-7-5-6-8-19(16)24)20(27)14-29-18-11-9-17(23)10-12-18/h5-12,15H,13-14H2,1-4H3,(H,25,28)/t15-/m1/s1. The first-order valence-corrected chi connectivity index (χ1v) is 10.1. The van der Waals surface area contributed by atoms with E-state index in [9.17, 15) is 14.0 Å². The van der Waals surface area contributed by atoms with Gasteiger partial charge in [0.2, 0.25) is 5.91 Å². The number of nitrogens with one attached hydrogen (secondary N) is 1. The quantitative estimate of drug-likeness (QED) is 0.664. The highest BCUT2D eigenvalue weighted by Crippen LogP contribution is 2.17. The molecule has 0 fully saturated rings. The molecule has 2 rings (SSSR count). The minimum Gasteiger partial charge on any atom is -0.484 e. The van der Waals surface area contributed by atoms with Gasteiger partial charge in [-0.2, -0.15) is 0 Å². The minimum atomic E-state index is -0.796. The second-order valence-corrected chi connectivity index (χ2v) is 8.69. The van der Waals surface area contributed by atoms with Crippen LogP contribution in [0.25, 0.3) is 0 Å². The maximum Gasteiger partial charge on any atom is 0.261 e. The maximum atomic E-state index is 14.2. The van der Waals surface area contributed by atoms with Crippen molar-refractivity contribution in [2.24, 2.45) is 0 Å². The molecular weight excluding hydrogens is 439 g/mol. The number of nitrogens with zero attached hydrogens (tertiary/aromatic N) is 1. The SMILES string of the molecule is C[C@H](C(=O)NC(C)(C)C)N(Cc1ccccc1F)C(=O)COc1ccc(Br)cc1. The lowest BCUT2D eigenvalue weighted by atomic mass is 10.1. The third kappa shape index (κ3) is 7.16. The summed E-state index contributed by atoms with van der Waals surface area (Å²) in [4.78, 5) is 26.9. The molecule has 0 radical (unpaired) electrons. The van der Waals surface area contributed by atoms with Gasteiger partial charge in [0.1, 0.15) is 17.6 Å². The van der Waals surface area contributed by atoms with Gasteiger partial charge in [-0.15, -0.1) is 0 Å². The Hall–Kier alpha value is -2.41. The summed E-state index contributed by atoms with van der Waals surface area (Å²) in [6.07, 6.45) is 0. The molecule has 0 saturated carbocycles. The number of benzene rings is 2. The number of carbonyl (C=O) groups excluding carboxylic acids is 2. The zero-order valence-corrected chi connectivity index (χ0v) is 18.6. The van der Waals surface area contributed by atoms with Crippen molar-refractivity contribution in [2.75, 3.05) is 6.61 Å². The lowest BCUT2D eigenvalue weighted by Gasteiger charge is -2.31. The van der Waals surface area contributed by atoms with Crippen molar-refractivity contribution >= 4 is 27.7 Å². The molecule has 0 spiro atoms. The second kappa shape index (κ2) is 9.87. The van der Waals surface area contributed by atoms with Gasteiger partial charge in [0.15, 0.2) is 6.61 Å². The molecule has 0 unspecified atom stereocenters. The van der Waals surface area contributed by atoms with Crippen molar-refractivity contribution < 1.29 is 18.7 Å². The highest BCUT2D eigenvalue weighted by atomic mass is 79.9. The Bertz CT molecular complexity index is 850. The van der Waals surface area contributed by atoms with Gasteiger partial charge in [-0.1, -0.05) is 34.1 Å². The van der Waals surface area contributed by atoms with Gasteiger partial charge >= 0.3 is 0 Å². The number of hydrogen-bond donors (Lipinski definition) is 1. The van der Waals surface area contributed by atoms with Crippen LogP contribution in [0.3, 0.4) is 0 Å². The molecule has 0 aliphatic rings. The maximum absolute atomic E-state index is 14.2. The summed E-state index contributed by atoms with van der Waals surface area (Å²) in [6, 6.07) is 12.5. The minimum absolute atomic E-state index is 0.0338. The summed E-state index contributed by atoms with van der Waals surface area (Å²) in [7, 11) is 0. The van der Waals surface area contributed by atoms with Crippen LogP contribution in [0.1, 0.15) is 33.3 Å². The molecule has 5 nitrogen and oxygen atoms in total. The Morgan fingerprint density at radius 1 is 1.14 bits per heavy atom. The zero-order chi connectivity index (χ0) is 21.6. The molecular formula is C22H26BrFN2O3. The Morgan fingerprint density at radius 3 is 2.34 bits per heavy atom. The Labute approximate surface area is 179 Å². The van der Waals surface area contributed by atoms with Gasteiger partial charge in [-0.3, -0.25) is 9.59 Å². The predicted octanol–water partition coefficient (Wildman–Crippen LogP) is 4.30. The summed E-state index contributed by atoms with van der Waals surface area (Å²) in [5.74, 6) is -0.625. The van der Waals surface area contributed by atoms with Crippen LogP contribution < -0.4 is 10.1 Å². The summed E-state index contributed by atoms with van der Waals surface area (Å²) in [5, 5.41) is 2.86. The first-order valence-electron chi connectivity index (χ1n) is 9.30. The normalized spacial score (nSPS) is 12.2. The fraction of sp³-hybridized carbons (Fsp3) is 0.364. The Balaban J connectivity index is 2.18. The van der Waals surface area contributed by atoms with Gasteiger partial charge in [-0.05, 0) is 58.0 Å². The van der Waals surface area contributed by atoms with E-state index in [-0.39, 0.29) is 19.1 Å². The molecule has 2 amide bonds. The van der Waals surface area contributed by atoms with E-state index in [2.05, 4.69) is 21.2 Å². The number of halogens is 2. The van der Waals surface area contributed by atoms with Gasteiger partial charge in [0.25, 0.3) is 5.91 Å². The molecule has 7 heteroatoms. The monoisotopic (exact) mass is 464 g/mol. The predicted molar refractivity (Wildman–Crippen MR) is 114 cm³/mol. The van der Waals surface area contributed by atoms with Crippen LogP contribution in [0.5, 0.6) is 5.75 Å². The number of ether oxygens (including phenoxy) is 1. The molecule has 0 aromatic heterocycles. The van der Waals surface area contributed by atoms with Gasteiger partial charge < -0.3 is 15.0 Å². The molecule has 2 aromatic carbocycles. The van der Waals surface area contributed by atoms with Crippen LogP contribution in [0, 0.1) is 5.82 Å². The average Bonchev–Trinajstić information content (AvgIpc) is 2.65. The van der Waals surface area contributed by atoms with Crippen molar-refractivity contribution in [3.63, 3.8) is 0 Å². The molecule has 156 valence electrons. The number of amides is 2. The van der Waals surface area contributed by atoms with Gasteiger partial charge in [0, 0.05) is 22.1 Å². The van der Waals surface area contributed by atoms with E-state index in [1.54, 1.807) is 49.4 Å². The van der Waals surface area contributed by atoms with Crippen molar-refractivity contribution in [3.8, 4) is 5.75 Å². The molecule has 2 aromatic rings. The van der Waals surface area contributed by atoms with Crippen LogP contribution in [-0.4, -0.2) is 34.9 Å². The van der Waals surface area contributed by atoms with Crippen molar-refractivity contribution in [3.05, 3.63) is 64.4 Å². The molecule has 0 saturated heterocycles. The van der Waals surface area contributed by atoms with E-state index in [1.165, 1.54) is 11.0 Å². The van der Waals surface area contributed by atoms with Crippen LogP contribution in [0.4, 0.5) is 4.39 Å². The molecule has 0 aliphatic heterocycles. The summed E-state index contributed by atoms with van der Waals surface area (Å²) in [5.41, 5.74) is -0.119. The van der Waals surface area contributed by atoms with Crippen LogP contribution in [-0.2, 0) is 16.1 Å². The zero-order valence-electron chi connectivity index (χ0n) is 17.0. The summed E-state index contributed by atoms with van der Waals surface area (Å²) < 4.78 is 20.6. The number of carbonyl (C=O) groups is 2. The second-order valence-electron chi connectivity index (χ2n) is 7.77. The van der Waals surface area contributed by atoms with E-state index in [1.807, 2.05) is 20.8 Å². The first-order chi connectivity index (χ1) is 13.6. The van der Waals surface area contributed by atoms with E-state index in [0.29, 0.717) is 11.3 Å². The molecule has 0 aliphatic carbocycles. The highest BCUT2D eigenvalue weighted by molar-refractivity contribution is 9.10. The van der Waals surface area contributed by atoms with E-state index < -0.39 is 23.3 Å². The Morgan fingerprint density at radius 2 is 1.76 bits per heavy atom. The van der Waals surface area contributed by atoms with Crippen LogP contribution in [0.2, 0.25) is 0 Å². The van der Waals surface area contributed by atoms with E-state index >= 15 is 0 Å². The van der Waals surface area contributed by atoms with Crippen molar-refractivity contribution in [1.82, 2.24) is 10.2 Å². The number of rotatable bonds is 7. The van der Waals surface area contributed by atoms with Crippen LogP contribution in [0.15, 0.2) is 53.0 Å². The Kier molecular flexibility index (Phi) is 7.79. The lowest BCUT2D eigenvalue weighted by molar-refractivity contribution is -0.142. The third-order valence-corrected chi connectivity index (χ3v) is 4.67. The summed E-state index contributed by atoms with van der Waals surface area (Å²) in [6.45, 7) is 6.91. The molecule has 0 bridgehead atoms. The van der Waals surface area contributed by atoms with Crippen molar-refractivity contribution in [2.45, 2.75) is 45.8 Å². The topological polar surface area (TPSA) is 58.6 Å². The smallest absolute Gasteiger partial charge is 0.261 e. The molecule has 29 heavy (non-hydrogen) atoms. The fourth-order valence-corrected chi connectivity index (χ4v) is 2.89. The molecule has 1 N–H and O–H groups in total. The molecule has 1 atom stereocenters. The fourth-order valence-electron chi connectivity index (χ4n) is 2.63. The lowest BCUT2D eigenvalue weighted by Crippen LogP contribution is -2.53. The van der Waals surface area contributed by atoms with E-state index in [4.69, 9.17) is 4.74 Å². The average molecular weight is 465 g/mol. The van der Waals surface area contributed by atoms with Gasteiger partial charge in [0.05, 0.1) is 0 Å². The van der Waals surface area contributed by atoms with E-state index in [0.717, 1.165) is 4.47 Å². The third-order valence-electron chi connectivity index (χ3n) is 4.14. The largest absolute Gasteiger partial charge is 0.484 e. The highest BCUT2D eigenvalue weighted by Gasteiger charge is 2.29. The summed E-state index contributed by atoms with van der Waals surface area (Å²) >= 11 is 3.34. The van der Waals surface area contributed by atoms with Crippen molar-refractivity contribution in [1.29, 1.82) is 0 Å².